The predicted molar refractivity (Wildman–Crippen MR) is 45.7 cm³/mol. The topological polar surface area (TPSA) is 56.7 Å². The van der Waals surface area contributed by atoms with Gasteiger partial charge in [-0.3, -0.25) is 0 Å². The number of aryl methyl sites for hydroxylation is 1. The van der Waals surface area contributed by atoms with Gasteiger partial charge in [-0.25, -0.2) is 0 Å². The maximum Gasteiger partial charge on any atom is 0.137 e. The molecular weight excluding hydrogens is 152 g/mol. The van der Waals surface area contributed by atoms with E-state index in [1.54, 1.807) is 0 Å². The van der Waals surface area contributed by atoms with Crippen molar-refractivity contribution < 1.29 is 0 Å². The maximum absolute atomic E-state index is 5.67. The van der Waals surface area contributed by atoms with Crippen LogP contribution in [0.3, 0.4) is 0 Å². The minimum atomic E-state index is 0.426. The second-order valence-electron chi connectivity index (χ2n) is 3.31. The zero-order chi connectivity index (χ0) is 8.39. The average Bonchev–Trinajstić information content (AvgIpc) is 2.46. The fourth-order valence-electron chi connectivity index (χ4n) is 1.78. The largest absolute Gasteiger partial charge is 0.330 e. The Morgan fingerprint density at radius 2 is 2.50 bits per heavy atom. The number of rotatable bonds is 1. The number of aromatic nitrogens is 3. The quantitative estimate of drug-likeness (QED) is 0.661. The van der Waals surface area contributed by atoms with Gasteiger partial charge in [0.1, 0.15) is 12.2 Å². The summed E-state index contributed by atoms with van der Waals surface area (Å²) < 4.78 is 2.13. The summed E-state index contributed by atoms with van der Waals surface area (Å²) in [6.07, 6.45) is 5.45. The SMILES string of the molecule is NC[C@@H]1CCCCn2cnnc21. The van der Waals surface area contributed by atoms with Crippen molar-refractivity contribution in [2.24, 2.45) is 5.73 Å². The molecule has 0 aromatic carbocycles. The Morgan fingerprint density at radius 1 is 1.58 bits per heavy atom. The number of hydrogen-bond acceptors (Lipinski definition) is 3. The van der Waals surface area contributed by atoms with Gasteiger partial charge < -0.3 is 10.3 Å². The first kappa shape index (κ1) is 7.73. The van der Waals surface area contributed by atoms with Crippen molar-refractivity contribution in [3.05, 3.63) is 12.2 Å². The Kier molecular flexibility index (Phi) is 2.08. The summed E-state index contributed by atoms with van der Waals surface area (Å²) in [6.45, 7) is 1.75. The normalized spacial score (nSPS) is 23.2. The highest BCUT2D eigenvalue weighted by Crippen LogP contribution is 2.22. The first-order valence-corrected chi connectivity index (χ1v) is 4.49. The Morgan fingerprint density at radius 3 is 3.33 bits per heavy atom. The van der Waals surface area contributed by atoms with E-state index in [0.717, 1.165) is 18.8 Å². The van der Waals surface area contributed by atoms with Crippen molar-refractivity contribution in [2.45, 2.75) is 31.7 Å². The van der Waals surface area contributed by atoms with Crippen molar-refractivity contribution in [1.82, 2.24) is 14.8 Å². The van der Waals surface area contributed by atoms with Crippen LogP contribution in [0.15, 0.2) is 6.33 Å². The molecule has 0 amide bonds. The summed E-state index contributed by atoms with van der Waals surface area (Å²) in [5.74, 6) is 1.50. The third kappa shape index (κ3) is 1.22. The highest BCUT2D eigenvalue weighted by atomic mass is 15.3. The number of nitrogens with zero attached hydrogens (tertiary/aromatic N) is 3. The number of nitrogens with two attached hydrogens (primary N) is 1. The van der Waals surface area contributed by atoms with E-state index in [-0.39, 0.29) is 0 Å². The van der Waals surface area contributed by atoms with Crippen LogP contribution in [0.4, 0.5) is 0 Å². The lowest BCUT2D eigenvalue weighted by Gasteiger charge is -2.09. The summed E-state index contributed by atoms with van der Waals surface area (Å²) in [6, 6.07) is 0. The van der Waals surface area contributed by atoms with E-state index >= 15 is 0 Å². The third-order valence-electron chi connectivity index (χ3n) is 2.50. The van der Waals surface area contributed by atoms with Gasteiger partial charge in [-0.1, -0.05) is 6.42 Å². The molecule has 1 atom stereocenters. The summed E-state index contributed by atoms with van der Waals surface area (Å²) in [5.41, 5.74) is 5.67. The molecule has 1 aromatic heterocycles. The van der Waals surface area contributed by atoms with Crippen LogP contribution in [-0.2, 0) is 6.54 Å². The Labute approximate surface area is 71.8 Å². The monoisotopic (exact) mass is 166 g/mol. The van der Waals surface area contributed by atoms with E-state index in [4.69, 9.17) is 5.73 Å². The number of hydrogen-bond donors (Lipinski definition) is 1. The molecule has 2 rings (SSSR count). The fraction of sp³-hybridized carbons (Fsp3) is 0.750. The molecule has 0 unspecified atom stereocenters. The van der Waals surface area contributed by atoms with E-state index in [2.05, 4.69) is 14.8 Å². The molecule has 0 bridgehead atoms. The van der Waals surface area contributed by atoms with Crippen LogP contribution < -0.4 is 5.73 Å². The van der Waals surface area contributed by atoms with E-state index in [0.29, 0.717) is 12.5 Å². The van der Waals surface area contributed by atoms with Gasteiger partial charge in [0.05, 0.1) is 0 Å². The van der Waals surface area contributed by atoms with Crippen molar-refractivity contribution in [3.8, 4) is 0 Å². The molecule has 1 aliphatic rings. The van der Waals surface area contributed by atoms with Gasteiger partial charge in [0.2, 0.25) is 0 Å². The van der Waals surface area contributed by atoms with Crippen molar-refractivity contribution in [1.29, 1.82) is 0 Å². The Hall–Kier alpha value is -0.900. The van der Waals surface area contributed by atoms with E-state index in [1.807, 2.05) is 6.33 Å². The van der Waals surface area contributed by atoms with Crippen LogP contribution in [0, 0.1) is 0 Å². The Balaban J connectivity index is 2.29. The molecule has 0 radical (unpaired) electrons. The summed E-state index contributed by atoms with van der Waals surface area (Å²) in [5, 5.41) is 8.00. The average molecular weight is 166 g/mol. The lowest BCUT2D eigenvalue weighted by atomic mass is 10.0. The minimum absolute atomic E-state index is 0.426. The van der Waals surface area contributed by atoms with Gasteiger partial charge >= 0.3 is 0 Å². The predicted octanol–water partition coefficient (Wildman–Crippen LogP) is 0.504. The van der Waals surface area contributed by atoms with Gasteiger partial charge in [-0.15, -0.1) is 10.2 Å². The standard InChI is InChI=1S/C8H14N4/c9-5-7-3-1-2-4-12-6-10-11-8(7)12/h6-7H,1-5,9H2/t7-/m0/s1. The fourth-order valence-corrected chi connectivity index (χ4v) is 1.78. The molecule has 4 nitrogen and oxygen atoms in total. The molecule has 0 aliphatic carbocycles. The van der Waals surface area contributed by atoms with E-state index < -0.39 is 0 Å². The molecule has 1 aliphatic heterocycles. The molecule has 0 spiro atoms. The molecule has 12 heavy (non-hydrogen) atoms. The zero-order valence-corrected chi connectivity index (χ0v) is 7.11. The third-order valence-corrected chi connectivity index (χ3v) is 2.50. The second-order valence-corrected chi connectivity index (χ2v) is 3.31. The summed E-state index contributed by atoms with van der Waals surface area (Å²) in [7, 11) is 0. The molecule has 2 N–H and O–H groups in total. The zero-order valence-electron chi connectivity index (χ0n) is 7.11. The molecule has 0 fully saturated rings. The lowest BCUT2D eigenvalue weighted by molar-refractivity contribution is 0.589. The van der Waals surface area contributed by atoms with Crippen molar-refractivity contribution >= 4 is 0 Å². The van der Waals surface area contributed by atoms with E-state index in [1.165, 1.54) is 12.8 Å². The molecule has 0 saturated carbocycles. The highest BCUT2D eigenvalue weighted by Gasteiger charge is 2.18. The van der Waals surface area contributed by atoms with Crippen LogP contribution >= 0.6 is 0 Å². The highest BCUT2D eigenvalue weighted by molar-refractivity contribution is 4.98. The van der Waals surface area contributed by atoms with Gasteiger partial charge in [0.25, 0.3) is 0 Å². The van der Waals surface area contributed by atoms with Crippen LogP contribution in [0.2, 0.25) is 0 Å². The number of fused-ring (bicyclic) bond motifs is 1. The molecular formula is C8H14N4. The first-order valence-electron chi connectivity index (χ1n) is 4.49. The smallest absolute Gasteiger partial charge is 0.137 e. The van der Waals surface area contributed by atoms with Crippen LogP contribution in [-0.4, -0.2) is 21.3 Å². The van der Waals surface area contributed by atoms with E-state index in [9.17, 15) is 0 Å². The lowest BCUT2D eigenvalue weighted by Crippen LogP contribution is -2.15. The minimum Gasteiger partial charge on any atom is -0.330 e. The maximum atomic E-state index is 5.67. The van der Waals surface area contributed by atoms with Crippen molar-refractivity contribution in [3.63, 3.8) is 0 Å². The molecule has 4 heteroatoms. The van der Waals surface area contributed by atoms with Gasteiger partial charge in [-0.2, -0.15) is 0 Å². The molecule has 1 aromatic rings. The summed E-state index contributed by atoms with van der Waals surface area (Å²) in [4.78, 5) is 0. The van der Waals surface area contributed by atoms with Gasteiger partial charge in [0.15, 0.2) is 0 Å². The molecule has 2 heterocycles. The molecule has 0 saturated heterocycles. The Bertz CT molecular complexity index is 255. The van der Waals surface area contributed by atoms with Crippen LogP contribution in [0.1, 0.15) is 31.0 Å². The second kappa shape index (κ2) is 3.23. The molecule has 66 valence electrons. The van der Waals surface area contributed by atoms with Gasteiger partial charge in [-0.05, 0) is 12.8 Å². The van der Waals surface area contributed by atoms with Gasteiger partial charge in [0, 0.05) is 19.0 Å². The first-order chi connectivity index (χ1) is 5.92. The summed E-state index contributed by atoms with van der Waals surface area (Å²) >= 11 is 0. The van der Waals surface area contributed by atoms with Crippen LogP contribution in [0.5, 0.6) is 0 Å². The van der Waals surface area contributed by atoms with Crippen LogP contribution in [0.25, 0.3) is 0 Å². The van der Waals surface area contributed by atoms with Crippen molar-refractivity contribution in [2.75, 3.05) is 6.54 Å².